The van der Waals surface area contributed by atoms with E-state index in [-0.39, 0.29) is 14.5 Å². The molecule has 0 saturated heterocycles. The lowest BCUT2D eigenvalue weighted by Gasteiger charge is -2.19. The third-order valence-corrected chi connectivity index (χ3v) is 10.1. The van der Waals surface area contributed by atoms with Crippen molar-refractivity contribution in [3.05, 3.63) is 0 Å². The third-order valence-electron chi connectivity index (χ3n) is 1.39. The molecule has 68 valence electrons. The van der Waals surface area contributed by atoms with Gasteiger partial charge in [-0.3, -0.25) is 0 Å². The molecule has 11 heavy (non-hydrogen) atoms. The number of hydrogen-bond donors (Lipinski definition) is 0. The molecule has 0 aromatic rings. The maximum atomic E-state index is 6.15. The average molecular weight is 233 g/mol. The highest BCUT2D eigenvalue weighted by Crippen LogP contribution is 2.61. The Bertz CT molecular complexity index is 94.6. The van der Waals surface area contributed by atoms with Crippen molar-refractivity contribution in [2.45, 2.75) is 39.0 Å². The van der Waals surface area contributed by atoms with Gasteiger partial charge in [0.15, 0.2) is 0 Å². The van der Waals surface area contributed by atoms with Crippen LogP contribution in [-0.2, 0) is 0 Å². The molecule has 0 rings (SSSR count). The van der Waals surface area contributed by atoms with E-state index in [4.69, 9.17) is 22.5 Å². The van der Waals surface area contributed by atoms with Crippen LogP contribution >= 0.6 is 37.0 Å². The van der Waals surface area contributed by atoms with Gasteiger partial charge in [-0.25, -0.2) is 0 Å². The summed E-state index contributed by atoms with van der Waals surface area (Å²) < 4.78 is 0. The molecule has 0 bridgehead atoms. The van der Waals surface area contributed by atoms with Gasteiger partial charge in [-0.15, -0.1) is 0 Å². The molecule has 4 heteroatoms. The van der Waals surface area contributed by atoms with Crippen LogP contribution in [0.2, 0.25) is 0 Å². The SMILES string of the molecule is CC(C)P(Cl)CP(Cl)C(C)C. The highest BCUT2D eigenvalue weighted by atomic mass is 35.7. The summed E-state index contributed by atoms with van der Waals surface area (Å²) in [5, 5.41) is 0. The van der Waals surface area contributed by atoms with E-state index in [0.717, 1.165) is 5.90 Å². The lowest BCUT2D eigenvalue weighted by Crippen LogP contribution is -1.94. The molecule has 0 amide bonds. The van der Waals surface area contributed by atoms with Gasteiger partial charge in [0.1, 0.15) is 0 Å². The first-order valence-corrected chi connectivity index (χ1v) is 8.80. The van der Waals surface area contributed by atoms with Crippen molar-refractivity contribution in [2.24, 2.45) is 0 Å². The fourth-order valence-corrected chi connectivity index (χ4v) is 6.67. The Morgan fingerprint density at radius 2 is 1.18 bits per heavy atom. The van der Waals surface area contributed by atoms with Gasteiger partial charge in [0.2, 0.25) is 0 Å². The molecular weight excluding hydrogens is 217 g/mol. The quantitative estimate of drug-likeness (QED) is 0.597. The van der Waals surface area contributed by atoms with Gasteiger partial charge in [-0.05, 0) is 25.9 Å². The van der Waals surface area contributed by atoms with Gasteiger partial charge in [-0.2, -0.15) is 0 Å². The fourth-order valence-electron chi connectivity index (χ4n) is 0.456. The minimum absolute atomic E-state index is 0.342. The Balaban J connectivity index is 3.66. The Morgan fingerprint density at radius 3 is 1.36 bits per heavy atom. The second-order valence-corrected chi connectivity index (χ2v) is 10.5. The first-order valence-electron chi connectivity index (χ1n) is 3.80. The van der Waals surface area contributed by atoms with Gasteiger partial charge in [0.05, 0.1) is 0 Å². The van der Waals surface area contributed by atoms with Crippen LogP contribution in [0.1, 0.15) is 27.7 Å². The molecule has 0 radical (unpaired) electrons. The van der Waals surface area contributed by atoms with Crippen LogP contribution in [0, 0.1) is 0 Å². The van der Waals surface area contributed by atoms with Gasteiger partial charge >= 0.3 is 0 Å². The zero-order valence-corrected chi connectivity index (χ0v) is 10.8. The molecule has 0 heterocycles. The van der Waals surface area contributed by atoms with Crippen LogP contribution in [0.3, 0.4) is 0 Å². The lowest BCUT2D eigenvalue weighted by molar-refractivity contribution is 1.09. The molecule has 0 aliphatic heterocycles. The molecule has 0 nitrogen and oxygen atoms in total. The minimum atomic E-state index is -0.342. The summed E-state index contributed by atoms with van der Waals surface area (Å²) in [7, 11) is -0.685. The summed E-state index contributed by atoms with van der Waals surface area (Å²) >= 11 is 12.3. The maximum Gasteiger partial charge on any atom is 0.0162 e. The molecule has 0 fully saturated rings. The van der Waals surface area contributed by atoms with Crippen LogP contribution in [0.4, 0.5) is 0 Å². The number of halogens is 2. The van der Waals surface area contributed by atoms with Crippen molar-refractivity contribution in [3.63, 3.8) is 0 Å². The topological polar surface area (TPSA) is 0 Å². The van der Waals surface area contributed by atoms with E-state index in [1.807, 2.05) is 0 Å². The van der Waals surface area contributed by atoms with Crippen LogP contribution in [-0.4, -0.2) is 17.2 Å². The monoisotopic (exact) mass is 232 g/mol. The standard InChI is InChI=1S/C7H16Cl2P2/c1-6(2)10(8)5-11(9)7(3)4/h6-7H,5H2,1-4H3. The van der Waals surface area contributed by atoms with Gasteiger partial charge < -0.3 is 0 Å². The van der Waals surface area contributed by atoms with Crippen LogP contribution in [0.15, 0.2) is 0 Å². The van der Waals surface area contributed by atoms with Crippen molar-refractivity contribution in [3.8, 4) is 0 Å². The van der Waals surface area contributed by atoms with Crippen molar-refractivity contribution in [2.75, 3.05) is 5.90 Å². The zero-order chi connectivity index (χ0) is 9.02. The molecule has 0 aliphatic rings. The predicted molar refractivity (Wildman–Crippen MR) is 60.7 cm³/mol. The fraction of sp³-hybridized carbons (Fsp3) is 1.00. The van der Waals surface area contributed by atoms with E-state index in [2.05, 4.69) is 27.7 Å². The van der Waals surface area contributed by atoms with E-state index in [9.17, 15) is 0 Å². The van der Waals surface area contributed by atoms with Crippen molar-refractivity contribution in [1.82, 2.24) is 0 Å². The van der Waals surface area contributed by atoms with Crippen LogP contribution in [0.25, 0.3) is 0 Å². The normalized spacial score (nSPS) is 17.5. The first-order chi connectivity index (χ1) is 4.95. The molecule has 2 unspecified atom stereocenters. The van der Waals surface area contributed by atoms with E-state index in [0.29, 0.717) is 11.3 Å². The highest BCUT2D eigenvalue weighted by Gasteiger charge is 2.17. The summed E-state index contributed by atoms with van der Waals surface area (Å²) in [4.78, 5) is 0. The molecule has 0 saturated carbocycles. The Labute approximate surface area is 82.1 Å². The summed E-state index contributed by atoms with van der Waals surface area (Å²) in [6.07, 6.45) is 0. The summed E-state index contributed by atoms with van der Waals surface area (Å²) in [5.74, 6) is 1.04. The molecule has 0 spiro atoms. The molecule has 0 aromatic carbocycles. The Morgan fingerprint density at radius 1 is 0.909 bits per heavy atom. The summed E-state index contributed by atoms with van der Waals surface area (Å²) in [6.45, 7) is 8.66. The molecule has 0 N–H and O–H groups in total. The van der Waals surface area contributed by atoms with Crippen molar-refractivity contribution < 1.29 is 0 Å². The van der Waals surface area contributed by atoms with Gasteiger partial charge in [-0.1, -0.05) is 50.2 Å². The average Bonchev–Trinajstić information content (AvgIpc) is 1.87. The Hall–Kier alpha value is 1.44. The predicted octanol–water partition coefficient (Wildman–Crippen LogP) is 5.03. The smallest absolute Gasteiger partial charge is 0.0162 e. The van der Waals surface area contributed by atoms with Crippen LogP contribution < -0.4 is 0 Å². The highest BCUT2D eigenvalue weighted by molar-refractivity contribution is 7.98. The second kappa shape index (κ2) is 5.98. The maximum absolute atomic E-state index is 6.15. The van der Waals surface area contributed by atoms with Gasteiger partial charge in [0, 0.05) is 5.90 Å². The van der Waals surface area contributed by atoms with E-state index in [1.165, 1.54) is 0 Å². The van der Waals surface area contributed by atoms with E-state index >= 15 is 0 Å². The van der Waals surface area contributed by atoms with Gasteiger partial charge in [0.25, 0.3) is 0 Å². The lowest BCUT2D eigenvalue weighted by atomic mass is 10.6. The first kappa shape index (κ1) is 12.4. The summed E-state index contributed by atoms with van der Waals surface area (Å²) in [5.41, 5.74) is 1.21. The molecular formula is C7H16Cl2P2. The van der Waals surface area contributed by atoms with Crippen molar-refractivity contribution >= 4 is 37.0 Å². The number of rotatable bonds is 4. The second-order valence-electron chi connectivity index (χ2n) is 3.13. The molecule has 0 aliphatic carbocycles. The minimum Gasteiger partial charge on any atom is -0.0957 e. The molecule has 2 atom stereocenters. The number of hydrogen-bond acceptors (Lipinski definition) is 0. The van der Waals surface area contributed by atoms with Crippen LogP contribution in [0.5, 0.6) is 0 Å². The van der Waals surface area contributed by atoms with Crippen molar-refractivity contribution in [1.29, 1.82) is 0 Å². The third kappa shape index (κ3) is 5.64. The Kier molecular flexibility index (Phi) is 6.76. The van der Waals surface area contributed by atoms with E-state index in [1.54, 1.807) is 0 Å². The summed E-state index contributed by atoms with van der Waals surface area (Å²) in [6, 6.07) is 0. The zero-order valence-electron chi connectivity index (χ0n) is 7.51. The van der Waals surface area contributed by atoms with E-state index < -0.39 is 0 Å². The largest absolute Gasteiger partial charge is 0.0957 e. The molecule has 0 aromatic heterocycles.